The first-order valence-corrected chi connectivity index (χ1v) is 10.4. The molecule has 3 aromatic heterocycles. The number of rotatable bonds is 3. The molecular formula is C17H14N4O3S2. The normalized spacial score (nSPS) is 11.9. The number of carbonyl (C=O) groups is 1. The molecule has 0 bridgehead atoms. The van der Waals surface area contributed by atoms with E-state index in [0.29, 0.717) is 21.0 Å². The van der Waals surface area contributed by atoms with E-state index in [-0.39, 0.29) is 16.5 Å². The third-order valence-electron chi connectivity index (χ3n) is 3.94. The van der Waals surface area contributed by atoms with Crippen LogP contribution in [0.25, 0.3) is 15.9 Å². The number of imidazole rings is 1. The van der Waals surface area contributed by atoms with E-state index in [4.69, 9.17) is 0 Å². The molecule has 4 rings (SSSR count). The minimum atomic E-state index is -3.29. The van der Waals surface area contributed by atoms with Gasteiger partial charge in [0.2, 0.25) is 0 Å². The van der Waals surface area contributed by atoms with Gasteiger partial charge in [0.15, 0.2) is 15.0 Å². The molecule has 3 heterocycles. The summed E-state index contributed by atoms with van der Waals surface area (Å²) >= 11 is 1.22. The van der Waals surface area contributed by atoms with Crippen molar-refractivity contribution in [2.24, 2.45) is 0 Å². The van der Waals surface area contributed by atoms with Crippen molar-refractivity contribution in [2.75, 3.05) is 11.6 Å². The molecule has 7 nitrogen and oxygen atoms in total. The second-order valence-electron chi connectivity index (χ2n) is 5.90. The van der Waals surface area contributed by atoms with Gasteiger partial charge in [-0.2, -0.15) is 0 Å². The van der Waals surface area contributed by atoms with Crippen molar-refractivity contribution in [3.05, 3.63) is 54.0 Å². The van der Waals surface area contributed by atoms with E-state index in [9.17, 15) is 13.2 Å². The third kappa shape index (κ3) is 2.95. The molecule has 1 aromatic carbocycles. The molecule has 0 aliphatic heterocycles. The monoisotopic (exact) mass is 386 g/mol. The molecule has 132 valence electrons. The summed E-state index contributed by atoms with van der Waals surface area (Å²) in [6.07, 6.45) is 2.83. The third-order valence-corrected chi connectivity index (χ3v) is 5.98. The maximum atomic E-state index is 12.5. The van der Waals surface area contributed by atoms with Gasteiger partial charge in [-0.15, -0.1) is 0 Å². The maximum Gasteiger partial charge on any atom is 0.277 e. The van der Waals surface area contributed by atoms with Gasteiger partial charge in [-0.25, -0.2) is 18.4 Å². The van der Waals surface area contributed by atoms with Gasteiger partial charge in [0.1, 0.15) is 11.3 Å². The number of nitrogens with zero attached hydrogens (tertiary/aromatic N) is 3. The van der Waals surface area contributed by atoms with Gasteiger partial charge < -0.3 is 4.40 Å². The Bertz CT molecular complexity index is 1270. The zero-order valence-corrected chi connectivity index (χ0v) is 15.6. The van der Waals surface area contributed by atoms with Crippen molar-refractivity contribution in [2.45, 2.75) is 11.8 Å². The Morgan fingerprint density at radius 3 is 2.73 bits per heavy atom. The van der Waals surface area contributed by atoms with E-state index in [2.05, 4.69) is 15.3 Å². The Balaban J connectivity index is 1.65. The Morgan fingerprint density at radius 2 is 2.00 bits per heavy atom. The zero-order valence-electron chi connectivity index (χ0n) is 13.9. The van der Waals surface area contributed by atoms with Crippen LogP contribution in [0.2, 0.25) is 0 Å². The van der Waals surface area contributed by atoms with Crippen LogP contribution in [0.5, 0.6) is 0 Å². The Labute approximate surface area is 153 Å². The molecule has 1 amide bonds. The molecule has 0 radical (unpaired) electrons. The standard InChI is InChI=1S/C17H14N4O3S2/c1-10-4-3-5-15-18-13(9-21(10)15)16(22)20-17-19-12-7-6-11(26(2,23)24)8-14(12)25-17/h3-9H,1-2H3,(H,19,20,22). The number of carbonyl (C=O) groups excluding carboxylic acids is 1. The van der Waals surface area contributed by atoms with Gasteiger partial charge in [0.05, 0.1) is 15.1 Å². The van der Waals surface area contributed by atoms with Crippen molar-refractivity contribution < 1.29 is 13.2 Å². The Hall–Kier alpha value is -2.78. The SMILES string of the molecule is Cc1cccc2nc(C(=O)Nc3nc4ccc(S(C)(=O)=O)cc4s3)cn12. The molecule has 0 unspecified atom stereocenters. The van der Waals surface area contributed by atoms with Gasteiger partial charge in [-0.05, 0) is 37.3 Å². The van der Waals surface area contributed by atoms with Crippen LogP contribution < -0.4 is 5.32 Å². The number of aryl methyl sites for hydroxylation is 1. The largest absolute Gasteiger partial charge is 0.304 e. The lowest BCUT2D eigenvalue weighted by atomic mass is 10.3. The molecule has 0 saturated carbocycles. The highest BCUT2D eigenvalue weighted by molar-refractivity contribution is 7.90. The first-order valence-electron chi connectivity index (χ1n) is 7.68. The number of hydrogen-bond acceptors (Lipinski definition) is 6. The van der Waals surface area contributed by atoms with Gasteiger partial charge in [-0.3, -0.25) is 10.1 Å². The molecule has 0 spiro atoms. The summed E-state index contributed by atoms with van der Waals surface area (Å²) in [5.41, 5.74) is 2.58. The summed E-state index contributed by atoms with van der Waals surface area (Å²) in [5, 5.41) is 3.12. The highest BCUT2D eigenvalue weighted by Gasteiger charge is 2.15. The first-order chi connectivity index (χ1) is 12.3. The molecule has 9 heteroatoms. The van der Waals surface area contributed by atoms with Crippen molar-refractivity contribution >= 4 is 48.1 Å². The van der Waals surface area contributed by atoms with Crippen molar-refractivity contribution in [3.8, 4) is 0 Å². The molecule has 26 heavy (non-hydrogen) atoms. The average Bonchev–Trinajstić information content (AvgIpc) is 3.17. The molecule has 0 aliphatic carbocycles. The highest BCUT2D eigenvalue weighted by Crippen LogP contribution is 2.28. The summed E-state index contributed by atoms with van der Waals surface area (Å²) in [5.74, 6) is -0.365. The molecule has 0 atom stereocenters. The molecule has 0 aliphatic rings. The maximum absolute atomic E-state index is 12.5. The number of nitrogens with one attached hydrogen (secondary N) is 1. The highest BCUT2D eigenvalue weighted by atomic mass is 32.2. The number of hydrogen-bond donors (Lipinski definition) is 1. The fraction of sp³-hybridized carbons (Fsp3) is 0.118. The van der Waals surface area contributed by atoms with Gasteiger partial charge in [0, 0.05) is 18.1 Å². The minimum Gasteiger partial charge on any atom is -0.304 e. The number of amides is 1. The van der Waals surface area contributed by atoms with Crippen LogP contribution in [-0.2, 0) is 9.84 Å². The van der Waals surface area contributed by atoms with E-state index in [0.717, 1.165) is 11.9 Å². The topological polar surface area (TPSA) is 93.4 Å². The van der Waals surface area contributed by atoms with E-state index in [1.165, 1.54) is 17.4 Å². The van der Waals surface area contributed by atoms with Crippen LogP contribution in [0.3, 0.4) is 0 Å². The predicted octanol–water partition coefficient (Wildman–Crippen LogP) is 2.91. The summed E-state index contributed by atoms with van der Waals surface area (Å²) in [4.78, 5) is 21.4. The smallest absolute Gasteiger partial charge is 0.277 e. The second kappa shape index (κ2) is 5.89. The Morgan fingerprint density at radius 1 is 1.19 bits per heavy atom. The van der Waals surface area contributed by atoms with Crippen molar-refractivity contribution in [3.63, 3.8) is 0 Å². The lowest BCUT2D eigenvalue weighted by Crippen LogP contribution is -2.11. The molecule has 0 saturated heterocycles. The molecule has 0 fully saturated rings. The van der Waals surface area contributed by atoms with Gasteiger partial charge in [-0.1, -0.05) is 17.4 Å². The van der Waals surface area contributed by atoms with E-state index >= 15 is 0 Å². The first kappa shape index (κ1) is 16.7. The fourth-order valence-electron chi connectivity index (χ4n) is 2.61. The number of thiazole rings is 1. The number of anilines is 1. The molecule has 1 N–H and O–H groups in total. The summed E-state index contributed by atoms with van der Waals surface area (Å²) in [6, 6.07) is 10.3. The van der Waals surface area contributed by atoms with Crippen LogP contribution in [0.4, 0.5) is 5.13 Å². The second-order valence-corrected chi connectivity index (χ2v) is 8.94. The number of sulfone groups is 1. The van der Waals surface area contributed by atoms with E-state index in [1.807, 2.05) is 29.5 Å². The lowest BCUT2D eigenvalue weighted by molar-refractivity contribution is 0.102. The quantitative estimate of drug-likeness (QED) is 0.584. The van der Waals surface area contributed by atoms with Crippen molar-refractivity contribution in [1.29, 1.82) is 0 Å². The Kier molecular flexibility index (Phi) is 3.78. The average molecular weight is 386 g/mol. The number of pyridine rings is 1. The van der Waals surface area contributed by atoms with Crippen LogP contribution in [-0.4, -0.2) is 34.9 Å². The minimum absolute atomic E-state index is 0.224. The van der Waals surface area contributed by atoms with Gasteiger partial charge in [0.25, 0.3) is 5.91 Å². The van der Waals surface area contributed by atoms with Crippen LogP contribution in [0.1, 0.15) is 16.2 Å². The summed E-state index contributed by atoms with van der Waals surface area (Å²) in [7, 11) is -3.29. The van der Waals surface area contributed by atoms with Crippen molar-refractivity contribution in [1.82, 2.24) is 14.4 Å². The lowest BCUT2D eigenvalue weighted by Gasteiger charge is -1.96. The summed E-state index contributed by atoms with van der Waals surface area (Å²) in [6.45, 7) is 1.93. The fourth-order valence-corrected chi connectivity index (χ4v) is 4.23. The number of aromatic nitrogens is 3. The van der Waals surface area contributed by atoms with E-state index < -0.39 is 9.84 Å². The number of fused-ring (bicyclic) bond motifs is 2. The van der Waals surface area contributed by atoms with E-state index in [1.54, 1.807) is 18.3 Å². The van der Waals surface area contributed by atoms with Gasteiger partial charge >= 0.3 is 0 Å². The molecule has 4 aromatic rings. The van der Waals surface area contributed by atoms with Crippen LogP contribution in [0, 0.1) is 6.92 Å². The van der Waals surface area contributed by atoms with Crippen LogP contribution in [0.15, 0.2) is 47.5 Å². The predicted molar refractivity (Wildman–Crippen MR) is 101 cm³/mol. The molecular weight excluding hydrogens is 372 g/mol. The van der Waals surface area contributed by atoms with Crippen LogP contribution >= 0.6 is 11.3 Å². The summed E-state index contributed by atoms with van der Waals surface area (Å²) < 4.78 is 25.9. The zero-order chi connectivity index (χ0) is 18.5. The number of benzene rings is 1.